The summed E-state index contributed by atoms with van der Waals surface area (Å²) in [6.45, 7) is -3.10. The average Bonchev–Trinajstić information content (AvgIpc) is 3.97. The predicted octanol–water partition coefficient (Wildman–Crippen LogP) is 2.09. The zero-order valence-electron chi connectivity index (χ0n) is 29.2. The van der Waals surface area contributed by atoms with Crippen molar-refractivity contribution in [3.63, 3.8) is 0 Å². The van der Waals surface area contributed by atoms with Crippen LogP contribution in [0.3, 0.4) is 0 Å². The summed E-state index contributed by atoms with van der Waals surface area (Å²) in [7, 11) is 0. The van der Waals surface area contributed by atoms with Crippen LogP contribution in [0.25, 0.3) is 89.7 Å². The third-order valence-corrected chi connectivity index (χ3v) is 9.81. The molecule has 0 aliphatic carbocycles. The molecule has 0 amide bonds. The number of fused-ring (bicyclic) bond motifs is 20. The lowest BCUT2D eigenvalue weighted by molar-refractivity contribution is 0.0896. The number of Topliss-reactive ketones (excluding diaryl/α,β-unsaturated/α-hetero) is 4. The highest BCUT2D eigenvalue weighted by Crippen LogP contribution is 2.40. The Bertz CT molecular complexity index is 3120. The van der Waals surface area contributed by atoms with Crippen molar-refractivity contribution in [1.82, 2.24) is 39.9 Å². The molecule has 7 N–H and O–H groups in total. The highest BCUT2D eigenvalue weighted by atomic mass is 27.0. The number of aliphatic hydroxyl groups excluding tert-OH is 4. The Kier molecular flexibility index (Phi) is 9.53. The fraction of sp³-hybridized carbons (Fsp3) is 0.100. The van der Waals surface area contributed by atoms with E-state index in [1.54, 1.807) is 24.3 Å². The van der Waals surface area contributed by atoms with Crippen LogP contribution in [0.2, 0.25) is 0 Å². The summed E-state index contributed by atoms with van der Waals surface area (Å²) in [6.07, 6.45) is 0. The van der Waals surface area contributed by atoms with Crippen LogP contribution in [0.4, 0.5) is 0 Å². The molecule has 4 aromatic carbocycles. The molecule has 0 saturated carbocycles. The third-order valence-electron chi connectivity index (χ3n) is 9.81. The van der Waals surface area contributed by atoms with E-state index in [1.807, 2.05) is 0 Å². The minimum absolute atomic E-state index is 0. The van der Waals surface area contributed by atoms with E-state index in [1.165, 1.54) is 42.5 Å². The molecule has 9 rings (SSSR count). The summed E-state index contributed by atoms with van der Waals surface area (Å²) in [5.41, 5.74) is 2.55. The molecule has 2 aliphatic heterocycles. The Balaban J connectivity index is 0.00000469. The number of phenolic OH excluding ortho intramolecular Hbond substituents is 1. The number of aromatic hydroxyl groups is 1. The summed E-state index contributed by atoms with van der Waals surface area (Å²) in [6, 6.07) is 16.8. The van der Waals surface area contributed by atoms with Crippen LogP contribution in [0.15, 0.2) is 66.7 Å². The molecule has 0 spiro atoms. The molecule has 0 radical (unpaired) electrons. The standard InChI is InChI=1S/C40H26N8O9.Al.3H/c49-12-27(53)16-1-4-19-24(9-16)37-41-33(19)43-38-26-11-18(29(55)14-51)3-6-21(26)35(45-38)47-40-31-23(8-7-22(32(31)57)30(56)15-52)36(48-40)46-39-25-10-17(28(54)13-50)2-5-20(25)34(42-37)44-39;;;;/h1-11,49-52,57H,12-15H2,(H2,41,42,43,44,45,46,47,48);;;;. The van der Waals surface area contributed by atoms with Gasteiger partial charge in [0.25, 0.3) is 0 Å². The second-order valence-electron chi connectivity index (χ2n) is 13.1. The van der Waals surface area contributed by atoms with Gasteiger partial charge in [-0.15, -0.1) is 0 Å². The maximum Gasteiger partial charge on any atom is 0.191 e. The number of nitrogens with zero attached hydrogens (tertiary/aromatic N) is 6. The van der Waals surface area contributed by atoms with Crippen LogP contribution in [0.1, 0.15) is 41.4 Å². The van der Waals surface area contributed by atoms with E-state index in [4.69, 9.17) is 29.9 Å². The number of H-pyrrole nitrogens is 2. The van der Waals surface area contributed by atoms with Gasteiger partial charge in [-0.2, -0.15) is 0 Å². The lowest BCUT2D eigenvalue weighted by Crippen LogP contribution is -2.04. The number of nitrogens with one attached hydrogen (secondary N) is 2. The van der Waals surface area contributed by atoms with Crippen LogP contribution in [-0.2, 0) is 0 Å². The Morgan fingerprint density at radius 2 is 0.862 bits per heavy atom. The first kappa shape index (κ1) is 38.0. The fourth-order valence-electron chi connectivity index (χ4n) is 6.97. The van der Waals surface area contributed by atoms with Crippen LogP contribution in [0, 0.1) is 0 Å². The minimum atomic E-state index is -0.874. The number of ketones is 4. The first-order chi connectivity index (χ1) is 27.6. The van der Waals surface area contributed by atoms with Gasteiger partial charge in [0.05, 0.1) is 10.9 Å². The predicted molar refractivity (Wildman–Crippen MR) is 213 cm³/mol. The van der Waals surface area contributed by atoms with Gasteiger partial charge in [-0.1, -0.05) is 18.2 Å². The number of hydrogen-bond acceptors (Lipinski definition) is 15. The van der Waals surface area contributed by atoms with Crippen LogP contribution in [0.5, 0.6) is 5.75 Å². The Morgan fingerprint density at radius 1 is 0.448 bits per heavy atom. The number of benzene rings is 4. The maximum atomic E-state index is 12.7. The molecular weight excluding hydrogens is 763 g/mol. The van der Waals surface area contributed by atoms with Crippen molar-refractivity contribution in [3.05, 3.63) is 89.0 Å². The molecule has 3 aromatic heterocycles. The number of carbonyl (C=O) groups is 4. The average molecular weight is 793 g/mol. The number of rotatable bonds is 8. The molecule has 0 saturated heterocycles. The van der Waals surface area contributed by atoms with E-state index in [2.05, 4.69) is 9.97 Å². The summed E-state index contributed by atoms with van der Waals surface area (Å²) >= 11 is 0. The fourth-order valence-corrected chi connectivity index (χ4v) is 6.97. The molecule has 0 unspecified atom stereocenters. The quantitative estimate of drug-likeness (QED) is 0.0857. The number of phenols is 1. The Labute approximate surface area is 334 Å². The molecular formula is C40H29AlN8O9. The van der Waals surface area contributed by atoms with Gasteiger partial charge in [0.15, 0.2) is 63.8 Å². The number of aromatic amines is 2. The van der Waals surface area contributed by atoms with Crippen molar-refractivity contribution >= 4 is 84.6 Å². The first-order valence-electron chi connectivity index (χ1n) is 17.3. The van der Waals surface area contributed by atoms with E-state index in [-0.39, 0.29) is 90.9 Å². The minimum Gasteiger partial charge on any atom is -0.506 e. The van der Waals surface area contributed by atoms with Gasteiger partial charge in [0.1, 0.15) is 54.8 Å². The van der Waals surface area contributed by atoms with Gasteiger partial charge in [-0.3, -0.25) is 19.2 Å². The van der Waals surface area contributed by atoms with Crippen molar-refractivity contribution in [1.29, 1.82) is 0 Å². The van der Waals surface area contributed by atoms with Gasteiger partial charge < -0.3 is 35.5 Å². The Hall–Kier alpha value is -6.91. The van der Waals surface area contributed by atoms with Crippen molar-refractivity contribution in [2.24, 2.45) is 0 Å². The monoisotopic (exact) mass is 792 g/mol. The second-order valence-corrected chi connectivity index (χ2v) is 13.1. The first-order valence-corrected chi connectivity index (χ1v) is 17.3. The topological polar surface area (TPSA) is 278 Å². The molecule has 5 heterocycles. The SMILES string of the molecule is O=C(CO)c1ccc2c(c1)-c1nc-2nc2[nH]c(nc3nc(nc4[nH]c(n1)c1ccc(C(=O)CO)cc41)-c1ccc(C(=O)CO)cc1-3)c1ccc(C(=O)CO)c(O)c21.[AlH3]. The molecule has 58 heavy (non-hydrogen) atoms. The Morgan fingerprint density at radius 3 is 1.40 bits per heavy atom. The smallest absolute Gasteiger partial charge is 0.191 e. The van der Waals surface area contributed by atoms with Gasteiger partial charge in [0, 0.05) is 55.1 Å². The van der Waals surface area contributed by atoms with Crippen LogP contribution >= 0.6 is 0 Å². The molecule has 17 nitrogen and oxygen atoms in total. The van der Waals surface area contributed by atoms with Crippen LogP contribution in [-0.4, -0.2) is 132 Å². The lowest BCUT2D eigenvalue weighted by Gasteiger charge is -2.04. The van der Waals surface area contributed by atoms with E-state index in [0.29, 0.717) is 38.4 Å². The van der Waals surface area contributed by atoms with Gasteiger partial charge >= 0.3 is 0 Å². The zero-order valence-corrected chi connectivity index (χ0v) is 29.2. The van der Waals surface area contributed by atoms with Crippen molar-refractivity contribution in [2.75, 3.05) is 26.4 Å². The molecule has 286 valence electrons. The van der Waals surface area contributed by atoms with E-state index < -0.39 is 55.3 Å². The zero-order chi connectivity index (χ0) is 39.7. The largest absolute Gasteiger partial charge is 0.506 e. The van der Waals surface area contributed by atoms with Crippen LogP contribution < -0.4 is 0 Å². The number of aliphatic hydroxyl groups is 4. The lowest BCUT2D eigenvalue weighted by atomic mass is 10.0. The maximum absolute atomic E-state index is 12.7. The number of carbonyl (C=O) groups excluding carboxylic acids is 4. The highest BCUT2D eigenvalue weighted by molar-refractivity contribution is 6.14. The molecule has 0 fully saturated rings. The molecule has 2 aliphatic rings. The van der Waals surface area contributed by atoms with E-state index >= 15 is 0 Å². The molecule has 18 heteroatoms. The number of hydrogen-bond donors (Lipinski definition) is 7. The second kappa shape index (κ2) is 14.5. The number of aromatic nitrogens is 8. The van der Waals surface area contributed by atoms with Gasteiger partial charge in [-0.05, 0) is 48.5 Å². The van der Waals surface area contributed by atoms with Gasteiger partial charge in [-0.25, -0.2) is 29.9 Å². The van der Waals surface area contributed by atoms with Crippen molar-refractivity contribution < 1.29 is 44.7 Å². The summed E-state index contributed by atoms with van der Waals surface area (Å²) in [5, 5.41) is 51.3. The normalized spacial score (nSPS) is 11.6. The van der Waals surface area contributed by atoms with Crippen molar-refractivity contribution in [2.45, 2.75) is 0 Å². The highest BCUT2D eigenvalue weighted by Gasteiger charge is 2.26. The molecule has 8 bridgehead atoms. The summed E-state index contributed by atoms with van der Waals surface area (Å²) in [4.78, 5) is 85.6. The third kappa shape index (κ3) is 6.04. The molecule has 0 atom stereocenters. The van der Waals surface area contributed by atoms with Crippen molar-refractivity contribution in [3.8, 4) is 51.3 Å². The van der Waals surface area contributed by atoms with E-state index in [0.717, 1.165) is 0 Å². The van der Waals surface area contributed by atoms with Gasteiger partial charge in [0.2, 0.25) is 0 Å². The summed E-state index contributed by atoms with van der Waals surface area (Å²) in [5.74, 6) is -2.50. The van der Waals surface area contributed by atoms with E-state index in [9.17, 15) is 44.7 Å². The summed E-state index contributed by atoms with van der Waals surface area (Å²) < 4.78 is 0. The molecule has 7 aromatic rings.